The van der Waals surface area contributed by atoms with Crippen LogP contribution in [0.4, 0.5) is 0 Å². The molecule has 106 valence electrons. The third-order valence-corrected chi connectivity index (χ3v) is 4.38. The Morgan fingerprint density at radius 1 is 1.21 bits per heavy atom. The lowest BCUT2D eigenvalue weighted by Crippen LogP contribution is -2.22. The maximum absolute atomic E-state index is 12.3. The maximum Gasteiger partial charge on any atom is 0.147 e. The Morgan fingerprint density at radius 3 is 2.26 bits per heavy atom. The van der Waals surface area contributed by atoms with E-state index in [2.05, 4.69) is 0 Å². The van der Waals surface area contributed by atoms with Gasteiger partial charge in [0, 0.05) is 18.6 Å². The van der Waals surface area contributed by atoms with E-state index in [1.807, 2.05) is 44.2 Å². The molecule has 2 atom stereocenters. The Labute approximate surface area is 116 Å². The van der Waals surface area contributed by atoms with Crippen LogP contribution in [0.2, 0.25) is 0 Å². The lowest BCUT2D eigenvalue weighted by atomic mass is 9.82. The van der Waals surface area contributed by atoms with Crippen molar-refractivity contribution in [3.05, 3.63) is 35.9 Å². The first-order chi connectivity index (χ1) is 8.85. The monoisotopic (exact) mass is 282 g/mol. The van der Waals surface area contributed by atoms with Crippen LogP contribution in [0.15, 0.2) is 30.3 Å². The van der Waals surface area contributed by atoms with Gasteiger partial charge in [-0.2, -0.15) is 0 Å². The molecule has 0 aliphatic carbocycles. The summed E-state index contributed by atoms with van der Waals surface area (Å²) in [4.78, 5) is 12.3. The van der Waals surface area contributed by atoms with Crippen molar-refractivity contribution in [1.82, 2.24) is 0 Å². The first kappa shape index (κ1) is 15.9. The van der Waals surface area contributed by atoms with Crippen molar-refractivity contribution in [1.29, 1.82) is 0 Å². The van der Waals surface area contributed by atoms with Crippen molar-refractivity contribution in [2.24, 2.45) is 5.92 Å². The average molecular weight is 282 g/mol. The van der Waals surface area contributed by atoms with Crippen molar-refractivity contribution >= 4 is 15.6 Å². The van der Waals surface area contributed by atoms with E-state index in [1.165, 1.54) is 6.26 Å². The van der Waals surface area contributed by atoms with Crippen LogP contribution < -0.4 is 0 Å². The second-order valence-electron chi connectivity index (χ2n) is 5.12. The minimum atomic E-state index is -3.09. The first-order valence-corrected chi connectivity index (χ1v) is 8.66. The number of hydrogen-bond donors (Lipinski definition) is 0. The van der Waals surface area contributed by atoms with E-state index in [0.717, 1.165) is 12.0 Å². The number of benzene rings is 1. The van der Waals surface area contributed by atoms with E-state index in [-0.39, 0.29) is 29.8 Å². The number of carbonyl (C=O) groups excluding carboxylic acids is 1. The van der Waals surface area contributed by atoms with Crippen LogP contribution in [0, 0.1) is 5.92 Å². The Morgan fingerprint density at radius 2 is 1.79 bits per heavy atom. The molecule has 0 bridgehead atoms. The smallest absolute Gasteiger partial charge is 0.147 e. The van der Waals surface area contributed by atoms with Crippen molar-refractivity contribution in [3.8, 4) is 0 Å². The molecular weight excluding hydrogens is 260 g/mol. The molecule has 0 radical (unpaired) electrons. The van der Waals surface area contributed by atoms with Crippen LogP contribution in [0.25, 0.3) is 0 Å². The summed E-state index contributed by atoms with van der Waals surface area (Å²) in [6, 6.07) is 9.62. The largest absolute Gasteiger partial charge is 0.299 e. The molecule has 0 N–H and O–H groups in total. The maximum atomic E-state index is 12.3. The summed E-state index contributed by atoms with van der Waals surface area (Å²) in [5, 5.41) is 0. The zero-order chi connectivity index (χ0) is 14.5. The van der Waals surface area contributed by atoms with Gasteiger partial charge in [0.05, 0.1) is 5.75 Å². The van der Waals surface area contributed by atoms with E-state index in [1.54, 1.807) is 0 Å². The van der Waals surface area contributed by atoms with Crippen LogP contribution in [0.1, 0.15) is 38.2 Å². The molecule has 0 heterocycles. The van der Waals surface area contributed by atoms with E-state index in [9.17, 15) is 13.2 Å². The van der Waals surface area contributed by atoms with Gasteiger partial charge < -0.3 is 0 Å². The number of hydrogen-bond acceptors (Lipinski definition) is 3. The summed E-state index contributed by atoms with van der Waals surface area (Å²) in [6.45, 7) is 4.08. The molecule has 3 nitrogen and oxygen atoms in total. The molecule has 0 aliphatic rings. The highest BCUT2D eigenvalue weighted by Crippen LogP contribution is 2.28. The van der Waals surface area contributed by atoms with Crippen LogP contribution in [-0.4, -0.2) is 26.2 Å². The second-order valence-corrected chi connectivity index (χ2v) is 7.38. The topological polar surface area (TPSA) is 51.2 Å². The van der Waals surface area contributed by atoms with Gasteiger partial charge in [-0.15, -0.1) is 0 Å². The fourth-order valence-electron chi connectivity index (χ4n) is 2.17. The molecule has 0 amide bonds. The minimum Gasteiger partial charge on any atom is -0.299 e. The van der Waals surface area contributed by atoms with Gasteiger partial charge in [-0.3, -0.25) is 4.79 Å². The fraction of sp³-hybridized carbons (Fsp3) is 0.533. The predicted octanol–water partition coefficient (Wildman–Crippen LogP) is 2.82. The molecule has 1 aromatic carbocycles. The average Bonchev–Trinajstić information content (AvgIpc) is 2.37. The van der Waals surface area contributed by atoms with Crippen LogP contribution in [-0.2, 0) is 14.6 Å². The number of carbonyl (C=O) groups is 1. The lowest BCUT2D eigenvalue weighted by molar-refractivity contribution is -0.121. The van der Waals surface area contributed by atoms with Crippen molar-refractivity contribution < 1.29 is 13.2 Å². The summed E-state index contributed by atoms with van der Waals surface area (Å²) in [5.74, 6) is -0.0283. The normalized spacial score (nSPS) is 14.9. The van der Waals surface area contributed by atoms with E-state index < -0.39 is 9.84 Å². The SMILES string of the molecule is CCC(C)C(C(=O)CCS(C)(=O)=O)c1ccccc1. The van der Waals surface area contributed by atoms with Gasteiger partial charge in [0.1, 0.15) is 15.6 Å². The number of rotatable bonds is 7. The molecule has 0 saturated carbocycles. The van der Waals surface area contributed by atoms with E-state index in [4.69, 9.17) is 0 Å². The summed E-state index contributed by atoms with van der Waals surface area (Å²) < 4.78 is 22.4. The Balaban J connectivity index is 2.89. The van der Waals surface area contributed by atoms with Gasteiger partial charge in [-0.05, 0) is 11.5 Å². The zero-order valence-corrected chi connectivity index (χ0v) is 12.6. The summed E-state index contributed by atoms with van der Waals surface area (Å²) in [7, 11) is -3.09. The summed E-state index contributed by atoms with van der Waals surface area (Å²) in [5.41, 5.74) is 0.982. The molecule has 0 spiro atoms. The molecule has 0 fully saturated rings. The molecule has 0 aromatic heterocycles. The standard InChI is InChI=1S/C15H22O3S/c1-4-12(2)15(13-8-6-5-7-9-13)14(16)10-11-19(3,17)18/h5-9,12,15H,4,10-11H2,1-3H3. The molecule has 0 aliphatic heterocycles. The molecule has 1 aromatic rings. The van der Waals surface area contributed by atoms with Gasteiger partial charge in [-0.1, -0.05) is 50.6 Å². The molecule has 19 heavy (non-hydrogen) atoms. The minimum absolute atomic E-state index is 0.0194. The first-order valence-electron chi connectivity index (χ1n) is 6.60. The quantitative estimate of drug-likeness (QED) is 0.772. The Bertz CT molecular complexity index is 505. The molecule has 0 saturated heterocycles. The predicted molar refractivity (Wildman–Crippen MR) is 78.0 cm³/mol. The summed E-state index contributed by atoms with van der Waals surface area (Å²) in [6.07, 6.45) is 2.16. The Kier molecular flexibility index (Phi) is 5.73. The fourth-order valence-corrected chi connectivity index (χ4v) is 2.74. The highest BCUT2D eigenvalue weighted by molar-refractivity contribution is 7.90. The number of Topliss-reactive ketones (excluding diaryl/α,β-unsaturated/α-hetero) is 1. The number of sulfone groups is 1. The van der Waals surface area contributed by atoms with Crippen LogP contribution in [0.3, 0.4) is 0 Å². The number of ketones is 1. The van der Waals surface area contributed by atoms with Gasteiger partial charge in [0.15, 0.2) is 0 Å². The van der Waals surface area contributed by atoms with E-state index >= 15 is 0 Å². The third kappa shape index (κ3) is 5.15. The summed E-state index contributed by atoms with van der Waals surface area (Å²) >= 11 is 0. The van der Waals surface area contributed by atoms with Gasteiger partial charge in [-0.25, -0.2) is 8.42 Å². The van der Waals surface area contributed by atoms with Crippen LogP contribution in [0.5, 0.6) is 0 Å². The molecular formula is C15H22O3S. The van der Waals surface area contributed by atoms with Crippen molar-refractivity contribution in [2.75, 3.05) is 12.0 Å². The Hall–Kier alpha value is -1.16. The molecule has 4 heteroatoms. The third-order valence-electron chi connectivity index (χ3n) is 3.44. The lowest BCUT2D eigenvalue weighted by Gasteiger charge is -2.22. The molecule has 2 unspecified atom stereocenters. The molecule has 1 rings (SSSR count). The van der Waals surface area contributed by atoms with E-state index in [0.29, 0.717) is 0 Å². The van der Waals surface area contributed by atoms with Gasteiger partial charge in [0.2, 0.25) is 0 Å². The van der Waals surface area contributed by atoms with Gasteiger partial charge in [0.25, 0.3) is 0 Å². The second kappa shape index (κ2) is 6.85. The van der Waals surface area contributed by atoms with Crippen molar-refractivity contribution in [3.63, 3.8) is 0 Å². The highest BCUT2D eigenvalue weighted by Gasteiger charge is 2.25. The van der Waals surface area contributed by atoms with Gasteiger partial charge >= 0.3 is 0 Å². The van der Waals surface area contributed by atoms with Crippen LogP contribution >= 0.6 is 0 Å². The zero-order valence-electron chi connectivity index (χ0n) is 11.8. The van der Waals surface area contributed by atoms with Crippen molar-refractivity contribution in [2.45, 2.75) is 32.6 Å². The highest BCUT2D eigenvalue weighted by atomic mass is 32.2.